The maximum absolute atomic E-state index is 12.2. The molecule has 2 heterocycles. The van der Waals surface area contributed by atoms with E-state index in [1.807, 2.05) is 0 Å². The van der Waals surface area contributed by atoms with E-state index in [1.165, 1.54) is 11.6 Å². The van der Waals surface area contributed by atoms with E-state index in [2.05, 4.69) is 5.10 Å². The van der Waals surface area contributed by atoms with Gasteiger partial charge in [0.15, 0.2) is 0 Å². The summed E-state index contributed by atoms with van der Waals surface area (Å²) in [5.41, 5.74) is -0.703. The Kier molecular flexibility index (Phi) is 2.39. The zero-order chi connectivity index (χ0) is 14.7. The van der Waals surface area contributed by atoms with Gasteiger partial charge in [-0.25, -0.2) is 17.6 Å². The molecule has 2 aromatic heterocycles. The summed E-state index contributed by atoms with van der Waals surface area (Å²) in [6.07, 6.45) is 0.855. The number of para-hydroxylation sites is 2. The Labute approximate surface area is 112 Å². The van der Waals surface area contributed by atoms with Crippen LogP contribution >= 0.6 is 0 Å². The lowest BCUT2D eigenvalue weighted by Crippen LogP contribution is -2.28. The highest BCUT2D eigenvalue weighted by molar-refractivity contribution is 7.89. The summed E-state index contributed by atoms with van der Waals surface area (Å²) in [5, 5.41) is 3.64. The van der Waals surface area contributed by atoms with Crippen molar-refractivity contribution < 1.29 is 8.42 Å². The maximum atomic E-state index is 12.2. The minimum absolute atomic E-state index is 0.221. The number of rotatable bonds is 1. The van der Waals surface area contributed by atoms with E-state index in [-0.39, 0.29) is 5.65 Å². The Hall–Kier alpha value is -2.42. The zero-order valence-corrected chi connectivity index (χ0v) is 11.5. The molecule has 1 aromatic carbocycles. The van der Waals surface area contributed by atoms with E-state index in [1.54, 1.807) is 24.3 Å². The van der Waals surface area contributed by atoms with Crippen LogP contribution in [0.25, 0.3) is 16.7 Å². The highest BCUT2D eigenvalue weighted by Crippen LogP contribution is 2.10. The monoisotopic (exact) mass is 294 g/mol. The van der Waals surface area contributed by atoms with Crippen molar-refractivity contribution in [3.05, 3.63) is 45.1 Å². The van der Waals surface area contributed by atoms with Crippen LogP contribution in [0.15, 0.2) is 33.9 Å². The van der Waals surface area contributed by atoms with E-state index >= 15 is 0 Å². The molecular formula is C11H10N4O4S. The van der Waals surface area contributed by atoms with Gasteiger partial charge in [0, 0.05) is 7.05 Å². The third kappa shape index (κ3) is 1.53. The van der Waals surface area contributed by atoms with Gasteiger partial charge in [0.2, 0.25) is 5.65 Å². The molecule has 0 fully saturated rings. The highest BCUT2D eigenvalue weighted by Gasteiger charge is 2.20. The van der Waals surface area contributed by atoms with Crippen molar-refractivity contribution in [2.75, 3.05) is 6.26 Å². The number of aromatic nitrogens is 4. The molecule has 104 valence electrons. The lowest BCUT2D eigenvalue weighted by atomic mass is 10.3. The van der Waals surface area contributed by atoms with Crippen LogP contribution in [0.3, 0.4) is 0 Å². The van der Waals surface area contributed by atoms with E-state index in [0.29, 0.717) is 15.1 Å². The first-order chi connectivity index (χ1) is 9.32. The van der Waals surface area contributed by atoms with Crippen LogP contribution < -0.4 is 11.2 Å². The van der Waals surface area contributed by atoms with Crippen LogP contribution in [0.1, 0.15) is 0 Å². The molecule has 8 nitrogen and oxygen atoms in total. The van der Waals surface area contributed by atoms with Gasteiger partial charge in [0.05, 0.1) is 17.3 Å². The standard InChI is InChI=1S/C11H10N4O4S/c1-13-7-5-3-4-6-8(7)14-9(10(13)16)12-15(11(14)17)20(2,18)19/h3-6H,1-2H3. The summed E-state index contributed by atoms with van der Waals surface area (Å²) < 4.78 is 25.7. The van der Waals surface area contributed by atoms with Gasteiger partial charge in [-0.2, -0.15) is 0 Å². The average Bonchev–Trinajstić information content (AvgIpc) is 2.74. The van der Waals surface area contributed by atoms with Crippen LogP contribution in [-0.4, -0.2) is 32.8 Å². The number of benzene rings is 1. The summed E-state index contributed by atoms with van der Waals surface area (Å²) in [7, 11) is -2.33. The maximum Gasteiger partial charge on any atom is 0.365 e. The fraction of sp³-hybridized carbons (Fsp3) is 0.182. The largest absolute Gasteiger partial charge is 0.365 e. The van der Waals surface area contributed by atoms with Crippen molar-refractivity contribution in [3.8, 4) is 0 Å². The van der Waals surface area contributed by atoms with Gasteiger partial charge >= 0.3 is 5.69 Å². The Morgan fingerprint density at radius 2 is 1.70 bits per heavy atom. The molecular weight excluding hydrogens is 284 g/mol. The van der Waals surface area contributed by atoms with Crippen LogP contribution in [-0.2, 0) is 17.1 Å². The normalized spacial score (nSPS) is 12.3. The first kappa shape index (κ1) is 12.6. The van der Waals surface area contributed by atoms with Crippen molar-refractivity contribution in [1.82, 2.24) is 18.2 Å². The molecule has 0 aliphatic heterocycles. The fourth-order valence-corrected chi connectivity index (χ4v) is 2.71. The van der Waals surface area contributed by atoms with Gasteiger partial charge in [-0.3, -0.25) is 4.79 Å². The SMILES string of the molecule is Cn1c(=O)c2nn(S(C)(=O)=O)c(=O)n2c2ccccc21. The van der Waals surface area contributed by atoms with E-state index in [9.17, 15) is 18.0 Å². The summed E-state index contributed by atoms with van der Waals surface area (Å²) in [6.45, 7) is 0. The minimum Gasteiger partial charge on any atom is -0.307 e. The third-order valence-corrected chi connectivity index (χ3v) is 3.91. The van der Waals surface area contributed by atoms with Crippen LogP contribution in [0.4, 0.5) is 0 Å². The highest BCUT2D eigenvalue weighted by atomic mass is 32.2. The van der Waals surface area contributed by atoms with Crippen LogP contribution in [0.2, 0.25) is 0 Å². The second-order valence-electron chi connectivity index (χ2n) is 4.40. The Balaban J connectivity index is 2.74. The second-order valence-corrected chi connectivity index (χ2v) is 6.21. The molecule has 0 spiro atoms. The minimum atomic E-state index is -3.87. The number of aryl methyl sites for hydroxylation is 1. The van der Waals surface area contributed by atoms with Gasteiger partial charge in [-0.1, -0.05) is 12.1 Å². The molecule has 0 N–H and O–H groups in total. The molecule has 9 heteroatoms. The number of fused-ring (bicyclic) bond motifs is 3. The predicted octanol–water partition coefficient (Wildman–Crippen LogP) is -0.844. The first-order valence-corrected chi connectivity index (χ1v) is 7.47. The van der Waals surface area contributed by atoms with Crippen LogP contribution in [0, 0.1) is 0 Å². The molecule has 0 saturated heterocycles. The molecule has 20 heavy (non-hydrogen) atoms. The Bertz CT molecular complexity index is 1070. The number of hydrogen-bond acceptors (Lipinski definition) is 5. The molecule has 0 unspecified atom stereocenters. The van der Waals surface area contributed by atoms with Gasteiger partial charge < -0.3 is 4.57 Å². The van der Waals surface area contributed by atoms with Crippen molar-refractivity contribution in [3.63, 3.8) is 0 Å². The van der Waals surface area contributed by atoms with E-state index in [4.69, 9.17) is 0 Å². The molecule has 0 radical (unpaired) electrons. The number of nitrogens with zero attached hydrogens (tertiary/aromatic N) is 4. The predicted molar refractivity (Wildman–Crippen MR) is 72.4 cm³/mol. The van der Waals surface area contributed by atoms with Crippen molar-refractivity contribution in [2.24, 2.45) is 7.05 Å². The first-order valence-electron chi connectivity index (χ1n) is 5.62. The summed E-state index contributed by atoms with van der Waals surface area (Å²) in [6, 6.07) is 6.70. The third-order valence-electron chi connectivity index (χ3n) is 3.05. The summed E-state index contributed by atoms with van der Waals surface area (Å²) >= 11 is 0. The van der Waals surface area contributed by atoms with Gasteiger partial charge in [0.1, 0.15) is 0 Å². The molecule has 0 aliphatic rings. The quantitative estimate of drug-likeness (QED) is 0.583. The van der Waals surface area contributed by atoms with Crippen molar-refractivity contribution in [2.45, 2.75) is 0 Å². The molecule has 3 rings (SSSR count). The molecule has 0 amide bonds. The Morgan fingerprint density at radius 1 is 1.10 bits per heavy atom. The summed E-state index contributed by atoms with van der Waals surface area (Å²) in [5.74, 6) is 0. The molecule has 0 saturated carbocycles. The van der Waals surface area contributed by atoms with Crippen molar-refractivity contribution >= 4 is 26.7 Å². The van der Waals surface area contributed by atoms with Gasteiger partial charge in [-0.15, -0.1) is 9.19 Å². The lowest BCUT2D eigenvalue weighted by molar-refractivity contribution is 0.584. The second kappa shape index (κ2) is 3.79. The zero-order valence-electron chi connectivity index (χ0n) is 10.6. The van der Waals surface area contributed by atoms with E-state index in [0.717, 1.165) is 10.7 Å². The van der Waals surface area contributed by atoms with Crippen molar-refractivity contribution in [1.29, 1.82) is 0 Å². The molecule has 0 bridgehead atoms. The van der Waals surface area contributed by atoms with Crippen LogP contribution in [0.5, 0.6) is 0 Å². The smallest absolute Gasteiger partial charge is 0.307 e. The van der Waals surface area contributed by atoms with Gasteiger partial charge in [-0.05, 0) is 12.1 Å². The van der Waals surface area contributed by atoms with E-state index < -0.39 is 21.3 Å². The number of hydrogen-bond donors (Lipinski definition) is 0. The topological polar surface area (TPSA) is 95.4 Å². The molecule has 0 atom stereocenters. The molecule has 3 aromatic rings. The van der Waals surface area contributed by atoms with Gasteiger partial charge in [0.25, 0.3) is 15.6 Å². The molecule has 0 aliphatic carbocycles. The fourth-order valence-electron chi connectivity index (χ4n) is 2.12. The Morgan fingerprint density at radius 3 is 2.30 bits per heavy atom. The summed E-state index contributed by atoms with van der Waals surface area (Å²) in [4.78, 5) is 24.4. The lowest BCUT2D eigenvalue weighted by Gasteiger charge is -2.04. The average molecular weight is 294 g/mol.